The highest BCUT2D eigenvalue weighted by Crippen LogP contribution is 2.20. The zero-order valence-corrected chi connectivity index (χ0v) is 8.94. The molecule has 0 N–H and O–H groups in total. The van der Waals surface area contributed by atoms with E-state index in [4.69, 9.17) is 0 Å². The molecule has 0 spiro atoms. The van der Waals surface area contributed by atoms with E-state index in [-0.39, 0.29) is 17.7 Å². The smallest absolute Gasteiger partial charge is 0.330 e. The third-order valence-electron chi connectivity index (χ3n) is 2.48. The van der Waals surface area contributed by atoms with Crippen LogP contribution >= 0.6 is 0 Å². The molecular formula is C12H16O3. The molecule has 82 valence electrons. The highest BCUT2D eigenvalue weighted by Gasteiger charge is 2.18. The first-order valence-corrected chi connectivity index (χ1v) is 5.19. The highest BCUT2D eigenvalue weighted by atomic mass is 16.5. The molecule has 0 saturated carbocycles. The van der Waals surface area contributed by atoms with Crippen molar-refractivity contribution in [3.63, 3.8) is 0 Å². The normalized spacial score (nSPS) is 20.1. The molecule has 0 saturated heterocycles. The second kappa shape index (κ2) is 6.17. The van der Waals surface area contributed by atoms with Crippen LogP contribution in [0.4, 0.5) is 0 Å². The van der Waals surface area contributed by atoms with Gasteiger partial charge >= 0.3 is 5.97 Å². The summed E-state index contributed by atoms with van der Waals surface area (Å²) in [5, 5.41) is 0. The first-order valence-electron chi connectivity index (χ1n) is 5.19. The van der Waals surface area contributed by atoms with Gasteiger partial charge in [-0.1, -0.05) is 12.2 Å². The number of esters is 1. The van der Waals surface area contributed by atoms with Crippen molar-refractivity contribution in [2.45, 2.75) is 25.7 Å². The molecule has 0 fully saturated rings. The second-order valence-corrected chi connectivity index (χ2v) is 3.59. The summed E-state index contributed by atoms with van der Waals surface area (Å²) in [6.07, 6.45) is 10.3. The van der Waals surface area contributed by atoms with Gasteiger partial charge in [0.25, 0.3) is 0 Å². The number of carbonyl (C=O) groups excluding carboxylic acids is 2. The molecule has 1 atom stereocenters. The van der Waals surface area contributed by atoms with Crippen LogP contribution in [0.5, 0.6) is 0 Å². The van der Waals surface area contributed by atoms with E-state index < -0.39 is 0 Å². The Hall–Kier alpha value is -1.38. The second-order valence-electron chi connectivity index (χ2n) is 3.59. The third-order valence-corrected chi connectivity index (χ3v) is 2.48. The van der Waals surface area contributed by atoms with Gasteiger partial charge in [-0.15, -0.1) is 0 Å². The molecule has 0 heterocycles. The van der Waals surface area contributed by atoms with E-state index in [1.807, 2.05) is 6.08 Å². The fraction of sp³-hybridized carbons (Fsp3) is 0.500. The van der Waals surface area contributed by atoms with Crippen molar-refractivity contribution in [2.75, 3.05) is 7.11 Å². The summed E-state index contributed by atoms with van der Waals surface area (Å²) in [5.74, 6) is 0.0945. The molecule has 0 aromatic heterocycles. The lowest BCUT2D eigenvalue weighted by Crippen LogP contribution is -2.05. The van der Waals surface area contributed by atoms with Crippen molar-refractivity contribution in [1.29, 1.82) is 0 Å². The Bertz CT molecular complexity index is 289. The van der Waals surface area contributed by atoms with E-state index in [9.17, 15) is 9.59 Å². The van der Waals surface area contributed by atoms with Crippen LogP contribution in [-0.2, 0) is 14.3 Å². The first kappa shape index (κ1) is 11.7. The van der Waals surface area contributed by atoms with Crippen molar-refractivity contribution in [3.8, 4) is 0 Å². The quantitative estimate of drug-likeness (QED) is 0.394. The Morgan fingerprint density at radius 1 is 1.67 bits per heavy atom. The maximum Gasteiger partial charge on any atom is 0.330 e. The Morgan fingerprint density at radius 2 is 2.47 bits per heavy atom. The Labute approximate surface area is 89.8 Å². The van der Waals surface area contributed by atoms with Crippen LogP contribution < -0.4 is 0 Å². The van der Waals surface area contributed by atoms with Gasteiger partial charge in [0.15, 0.2) is 5.78 Å². The van der Waals surface area contributed by atoms with Gasteiger partial charge in [-0.3, -0.25) is 4.79 Å². The summed E-state index contributed by atoms with van der Waals surface area (Å²) < 4.78 is 4.46. The summed E-state index contributed by atoms with van der Waals surface area (Å²) in [5.41, 5.74) is 0. The first-order chi connectivity index (χ1) is 7.24. The molecule has 1 aliphatic rings. The average Bonchev–Trinajstić information content (AvgIpc) is 2.63. The number of ether oxygens (including phenoxy) is 1. The van der Waals surface area contributed by atoms with Crippen molar-refractivity contribution < 1.29 is 14.3 Å². The third kappa shape index (κ3) is 4.11. The van der Waals surface area contributed by atoms with Gasteiger partial charge in [0.05, 0.1) is 7.11 Å². The van der Waals surface area contributed by atoms with E-state index in [1.54, 1.807) is 12.2 Å². The molecule has 0 aromatic carbocycles. The summed E-state index contributed by atoms with van der Waals surface area (Å²) in [6.45, 7) is 0. The zero-order valence-electron chi connectivity index (χ0n) is 8.94. The standard InChI is InChI=1S/C12H16O3/c1-15-12(14)9-4-2-3-6-10-7-5-8-11(10)13/h4-5,8-10H,2-3,6-7H2,1H3/b9-4+. The van der Waals surface area contributed by atoms with Crippen LogP contribution in [0, 0.1) is 5.92 Å². The van der Waals surface area contributed by atoms with E-state index in [1.165, 1.54) is 13.2 Å². The van der Waals surface area contributed by atoms with E-state index in [0.717, 1.165) is 25.7 Å². The number of unbranched alkanes of at least 4 members (excludes halogenated alkanes) is 1. The van der Waals surface area contributed by atoms with Gasteiger partial charge in [0, 0.05) is 12.0 Å². The molecule has 0 amide bonds. The van der Waals surface area contributed by atoms with Crippen LogP contribution in [0.2, 0.25) is 0 Å². The lowest BCUT2D eigenvalue weighted by molar-refractivity contribution is -0.134. The Balaban J connectivity index is 2.09. The SMILES string of the molecule is COC(=O)/C=C/CCCC1CC=CC1=O. The molecule has 15 heavy (non-hydrogen) atoms. The summed E-state index contributed by atoms with van der Waals surface area (Å²) in [4.78, 5) is 21.9. The fourth-order valence-electron chi connectivity index (χ4n) is 1.59. The van der Waals surface area contributed by atoms with Crippen molar-refractivity contribution in [1.82, 2.24) is 0 Å². The topological polar surface area (TPSA) is 43.4 Å². The molecule has 1 aliphatic carbocycles. The fourth-order valence-corrected chi connectivity index (χ4v) is 1.59. The predicted molar refractivity (Wildman–Crippen MR) is 57.3 cm³/mol. The number of hydrogen-bond acceptors (Lipinski definition) is 3. The monoisotopic (exact) mass is 208 g/mol. The van der Waals surface area contributed by atoms with Crippen molar-refractivity contribution in [3.05, 3.63) is 24.3 Å². The summed E-state index contributed by atoms with van der Waals surface area (Å²) in [7, 11) is 1.36. The minimum atomic E-state index is -0.325. The van der Waals surface area contributed by atoms with Crippen molar-refractivity contribution in [2.24, 2.45) is 5.92 Å². The zero-order chi connectivity index (χ0) is 11.1. The van der Waals surface area contributed by atoms with Gasteiger partial charge in [-0.25, -0.2) is 4.79 Å². The van der Waals surface area contributed by atoms with Crippen LogP contribution in [0.1, 0.15) is 25.7 Å². The van der Waals surface area contributed by atoms with Crippen molar-refractivity contribution >= 4 is 11.8 Å². The molecule has 1 rings (SSSR count). The molecule has 1 unspecified atom stereocenters. The number of methoxy groups -OCH3 is 1. The summed E-state index contributed by atoms with van der Waals surface area (Å²) >= 11 is 0. The molecule has 0 aliphatic heterocycles. The minimum Gasteiger partial charge on any atom is -0.466 e. The molecule has 0 bridgehead atoms. The van der Waals surface area contributed by atoms with Crippen LogP contribution in [0.3, 0.4) is 0 Å². The van der Waals surface area contributed by atoms with Crippen LogP contribution in [-0.4, -0.2) is 18.9 Å². The molecule has 0 aromatic rings. The molecule has 0 radical (unpaired) electrons. The van der Waals surface area contributed by atoms with Gasteiger partial charge in [0.1, 0.15) is 0 Å². The van der Waals surface area contributed by atoms with E-state index >= 15 is 0 Å². The number of hydrogen-bond donors (Lipinski definition) is 0. The largest absolute Gasteiger partial charge is 0.466 e. The maximum absolute atomic E-state index is 11.2. The lowest BCUT2D eigenvalue weighted by atomic mass is 9.99. The van der Waals surface area contributed by atoms with Gasteiger partial charge in [-0.2, -0.15) is 0 Å². The van der Waals surface area contributed by atoms with Gasteiger partial charge < -0.3 is 4.74 Å². The molecule has 3 heteroatoms. The highest BCUT2D eigenvalue weighted by molar-refractivity contribution is 5.93. The minimum absolute atomic E-state index is 0.177. The summed E-state index contributed by atoms with van der Waals surface area (Å²) in [6, 6.07) is 0. The van der Waals surface area contributed by atoms with E-state index in [0.29, 0.717) is 0 Å². The van der Waals surface area contributed by atoms with Gasteiger partial charge in [-0.05, 0) is 31.8 Å². The Kier molecular flexibility index (Phi) is 4.81. The van der Waals surface area contributed by atoms with Gasteiger partial charge in [0.2, 0.25) is 0 Å². The van der Waals surface area contributed by atoms with E-state index in [2.05, 4.69) is 4.74 Å². The van der Waals surface area contributed by atoms with Crippen LogP contribution in [0.25, 0.3) is 0 Å². The number of carbonyl (C=O) groups is 2. The number of ketones is 1. The lowest BCUT2D eigenvalue weighted by Gasteiger charge is -2.05. The predicted octanol–water partition coefficient (Wildman–Crippen LogP) is 2.03. The maximum atomic E-state index is 11.2. The number of allylic oxidation sites excluding steroid dienone is 3. The molecule has 3 nitrogen and oxygen atoms in total. The average molecular weight is 208 g/mol. The number of rotatable bonds is 5. The Morgan fingerprint density at radius 3 is 3.07 bits per heavy atom. The van der Waals surface area contributed by atoms with Crippen LogP contribution in [0.15, 0.2) is 24.3 Å². The molecular weight excluding hydrogens is 192 g/mol.